The lowest BCUT2D eigenvalue weighted by molar-refractivity contribution is -0.0235. The van der Waals surface area contributed by atoms with Crippen molar-refractivity contribution in [1.29, 1.82) is 0 Å². The summed E-state index contributed by atoms with van der Waals surface area (Å²) >= 11 is 0. The zero-order chi connectivity index (χ0) is 25.8. The van der Waals surface area contributed by atoms with Crippen LogP contribution in [-0.2, 0) is 37.9 Å². The van der Waals surface area contributed by atoms with Gasteiger partial charge in [0, 0.05) is 6.54 Å². The zero-order valence-electron chi connectivity index (χ0n) is 21.8. The van der Waals surface area contributed by atoms with E-state index < -0.39 is 0 Å². The molecule has 11 nitrogen and oxygen atoms in total. The minimum absolute atomic E-state index is 0.444. The molecule has 0 aliphatic carbocycles. The Hall–Kier alpha value is -1.54. The van der Waals surface area contributed by atoms with Crippen molar-refractivity contribution in [2.75, 3.05) is 132 Å². The van der Waals surface area contributed by atoms with Crippen molar-refractivity contribution >= 4 is 5.69 Å². The first-order valence-electron chi connectivity index (χ1n) is 12.6. The van der Waals surface area contributed by atoms with Gasteiger partial charge in [0.25, 0.3) is 0 Å². The number of likely N-dealkylation sites (N-methyl/N-ethyl adjacent to an activating group) is 1. The molecule has 0 aliphatic rings. The summed E-state index contributed by atoms with van der Waals surface area (Å²) in [6, 6.07) is 7.39. The van der Waals surface area contributed by atoms with E-state index in [1.807, 2.05) is 25.2 Å². The normalized spacial score (nSPS) is 11.2. The molecule has 36 heavy (non-hydrogen) atoms. The number of benzene rings is 1. The van der Waals surface area contributed by atoms with Gasteiger partial charge in [-0.1, -0.05) is 12.1 Å². The Morgan fingerprint density at radius 1 is 0.500 bits per heavy atom. The van der Waals surface area contributed by atoms with Crippen LogP contribution in [0.25, 0.3) is 0 Å². The van der Waals surface area contributed by atoms with E-state index in [-0.39, 0.29) is 0 Å². The highest BCUT2D eigenvalue weighted by atomic mass is 16.6. The number of ether oxygens (including phenoxy) is 9. The van der Waals surface area contributed by atoms with Crippen molar-refractivity contribution < 1.29 is 42.6 Å². The lowest BCUT2D eigenvalue weighted by Gasteiger charge is -2.09. The molecule has 0 bridgehead atoms. The van der Waals surface area contributed by atoms with Gasteiger partial charge in [0.15, 0.2) is 0 Å². The second-order valence-corrected chi connectivity index (χ2v) is 7.39. The van der Waals surface area contributed by atoms with Gasteiger partial charge in [-0.3, -0.25) is 0 Å². The number of nitrogen functional groups attached to an aromatic ring is 1. The Labute approximate surface area is 215 Å². The number of anilines is 1. The first kappa shape index (κ1) is 32.5. The van der Waals surface area contributed by atoms with Crippen LogP contribution in [0.15, 0.2) is 24.3 Å². The van der Waals surface area contributed by atoms with Gasteiger partial charge in [0.05, 0.1) is 111 Å². The molecule has 0 unspecified atom stereocenters. The molecule has 3 N–H and O–H groups in total. The largest absolute Gasteiger partial charge is 0.489 e. The average molecular weight is 519 g/mol. The molecule has 11 heteroatoms. The fourth-order valence-electron chi connectivity index (χ4n) is 2.64. The van der Waals surface area contributed by atoms with Crippen LogP contribution in [0, 0.1) is 0 Å². The summed E-state index contributed by atoms with van der Waals surface area (Å²) in [4.78, 5) is 0. The SMILES string of the molecule is CNCCOCCOCCOCCOCCOCCOCCOCCOCCOc1ccccc1N. The Balaban J connectivity index is 1.66. The average Bonchev–Trinajstić information content (AvgIpc) is 2.89. The quantitative estimate of drug-likeness (QED) is 0.122. The Kier molecular flexibility index (Phi) is 23.9. The van der Waals surface area contributed by atoms with E-state index in [4.69, 9.17) is 48.4 Å². The molecule has 0 saturated heterocycles. The minimum Gasteiger partial charge on any atom is -0.489 e. The maximum atomic E-state index is 5.81. The van der Waals surface area contributed by atoms with Gasteiger partial charge in [0.2, 0.25) is 0 Å². The summed E-state index contributed by atoms with van der Waals surface area (Å²) < 4.78 is 49.0. The van der Waals surface area contributed by atoms with Crippen molar-refractivity contribution in [2.45, 2.75) is 0 Å². The lowest BCUT2D eigenvalue weighted by atomic mass is 10.3. The number of hydrogen-bond acceptors (Lipinski definition) is 11. The number of hydrogen-bond donors (Lipinski definition) is 2. The van der Waals surface area contributed by atoms with Gasteiger partial charge in [-0.15, -0.1) is 0 Å². The van der Waals surface area contributed by atoms with Gasteiger partial charge in [0.1, 0.15) is 12.4 Å². The second kappa shape index (κ2) is 26.5. The van der Waals surface area contributed by atoms with Crippen molar-refractivity contribution in [2.24, 2.45) is 0 Å². The smallest absolute Gasteiger partial charge is 0.142 e. The fourth-order valence-corrected chi connectivity index (χ4v) is 2.64. The molecular formula is C25H46N2O9. The standard InChI is InChI=1S/C25H46N2O9/c1-27-6-7-28-8-9-29-10-11-30-12-13-31-14-15-32-16-17-33-18-19-34-20-21-35-22-23-36-25-5-3-2-4-24(25)26/h2-5,27H,6-23,26H2,1H3. The highest BCUT2D eigenvalue weighted by Gasteiger charge is 1.98. The molecule has 0 atom stereocenters. The van der Waals surface area contributed by atoms with Crippen molar-refractivity contribution in [3.05, 3.63) is 24.3 Å². The Morgan fingerprint density at radius 2 is 0.833 bits per heavy atom. The van der Waals surface area contributed by atoms with Crippen LogP contribution in [0.1, 0.15) is 0 Å². The molecule has 0 aromatic heterocycles. The molecule has 0 fully saturated rings. The Morgan fingerprint density at radius 3 is 1.19 bits per heavy atom. The van der Waals surface area contributed by atoms with Crippen LogP contribution in [0.4, 0.5) is 5.69 Å². The van der Waals surface area contributed by atoms with Crippen LogP contribution < -0.4 is 15.8 Å². The molecule has 1 aromatic carbocycles. The molecule has 0 amide bonds. The maximum Gasteiger partial charge on any atom is 0.142 e. The number of nitrogens with one attached hydrogen (secondary N) is 1. The van der Waals surface area contributed by atoms with E-state index in [1.165, 1.54) is 0 Å². The third-order valence-electron chi connectivity index (χ3n) is 4.50. The first-order chi connectivity index (χ1) is 17.8. The van der Waals surface area contributed by atoms with Gasteiger partial charge in [-0.05, 0) is 19.2 Å². The molecule has 1 rings (SSSR count). The predicted molar refractivity (Wildman–Crippen MR) is 137 cm³/mol. The summed E-state index contributed by atoms with van der Waals surface area (Å²) in [5.41, 5.74) is 6.43. The van der Waals surface area contributed by atoms with E-state index in [0.29, 0.717) is 124 Å². The van der Waals surface area contributed by atoms with Crippen LogP contribution in [0.3, 0.4) is 0 Å². The van der Waals surface area contributed by atoms with E-state index in [9.17, 15) is 0 Å². The van der Waals surface area contributed by atoms with E-state index >= 15 is 0 Å². The van der Waals surface area contributed by atoms with E-state index in [1.54, 1.807) is 6.07 Å². The zero-order valence-corrected chi connectivity index (χ0v) is 21.8. The summed E-state index contributed by atoms with van der Waals surface area (Å²) in [6.07, 6.45) is 0. The maximum absolute atomic E-state index is 5.81. The van der Waals surface area contributed by atoms with Crippen molar-refractivity contribution in [1.82, 2.24) is 5.32 Å². The van der Waals surface area contributed by atoms with E-state index in [0.717, 1.165) is 6.54 Å². The van der Waals surface area contributed by atoms with Gasteiger partial charge in [-0.25, -0.2) is 0 Å². The first-order valence-corrected chi connectivity index (χ1v) is 12.6. The molecule has 0 heterocycles. The highest BCUT2D eigenvalue weighted by Crippen LogP contribution is 2.19. The molecule has 0 saturated carbocycles. The van der Waals surface area contributed by atoms with Crippen LogP contribution in [-0.4, -0.2) is 126 Å². The van der Waals surface area contributed by atoms with Crippen LogP contribution in [0.5, 0.6) is 5.75 Å². The fraction of sp³-hybridized carbons (Fsp3) is 0.760. The molecule has 1 aromatic rings. The monoisotopic (exact) mass is 518 g/mol. The van der Waals surface area contributed by atoms with Crippen LogP contribution in [0.2, 0.25) is 0 Å². The Bertz CT molecular complexity index is 584. The van der Waals surface area contributed by atoms with Crippen molar-refractivity contribution in [3.8, 4) is 5.75 Å². The van der Waals surface area contributed by atoms with Gasteiger partial charge >= 0.3 is 0 Å². The summed E-state index contributed by atoms with van der Waals surface area (Å²) in [5.74, 6) is 0.673. The molecule has 0 aliphatic heterocycles. The van der Waals surface area contributed by atoms with Gasteiger partial charge < -0.3 is 53.7 Å². The van der Waals surface area contributed by atoms with Crippen LogP contribution >= 0.6 is 0 Å². The molecule has 0 radical (unpaired) electrons. The minimum atomic E-state index is 0.444. The number of rotatable bonds is 28. The summed E-state index contributed by atoms with van der Waals surface area (Å²) in [7, 11) is 1.90. The number of para-hydroxylation sites is 2. The summed E-state index contributed by atoms with van der Waals surface area (Å²) in [6.45, 7) is 9.93. The number of nitrogens with two attached hydrogens (primary N) is 1. The topological polar surface area (TPSA) is 121 Å². The molecule has 210 valence electrons. The predicted octanol–water partition coefficient (Wildman–Crippen LogP) is 1.000. The highest BCUT2D eigenvalue weighted by molar-refractivity contribution is 5.51. The summed E-state index contributed by atoms with van der Waals surface area (Å²) in [5, 5.41) is 3.02. The second-order valence-electron chi connectivity index (χ2n) is 7.39. The van der Waals surface area contributed by atoms with Crippen molar-refractivity contribution in [3.63, 3.8) is 0 Å². The third-order valence-corrected chi connectivity index (χ3v) is 4.50. The lowest BCUT2D eigenvalue weighted by Crippen LogP contribution is -2.17. The van der Waals surface area contributed by atoms with E-state index in [2.05, 4.69) is 5.32 Å². The third kappa shape index (κ3) is 21.7. The molecular weight excluding hydrogens is 472 g/mol. The van der Waals surface area contributed by atoms with Gasteiger partial charge in [-0.2, -0.15) is 0 Å². The molecule has 0 spiro atoms.